The van der Waals surface area contributed by atoms with E-state index in [1.807, 2.05) is 0 Å². The Hall–Kier alpha value is -0.0900. The number of thioether (sulfide) groups is 1. The molecule has 0 heterocycles. The summed E-state index contributed by atoms with van der Waals surface area (Å²) in [6, 6.07) is 0. The van der Waals surface area contributed by atoms with Crippen molar-refractivity contribution in [1.82, 2.24) is 0 Å². The van der Waals surface area contributed by atoms with Gasteiger partial charge in [-0.15, -0.1) is 5.92 Å². The van der Waals surface area contributed by atoms with Crippen LogP contribution in [0.2, 0.25) is 0 Å². The Labute approximate surface area is 75.1 Å². The van der Waals surface area contributed by atoms with E-state index in [2.05, 4.69) is 25.0 Å². The van der Waals surface area contributed by atoms with E-state index in [9.17, 15) is 0 Å². The van der Waals surface area contributed by atoms with Gasteiger partial charge in [0.1, 0.15) is 0 Å². The molecule has 1 heteroatoms. The van der Waals surface area contributed by atoms with E-state index in [1.165, 1.54) is 25.7 Å². The van der Waals surface area contributed by atoms with Crippen molar-refractivity contribution in [2.45, 2.75) is 39.0 Å². The molecule has 11 heavy (non-hydrogen) atoms. The van der Waals surface area contributed by atoms with Gasteiger partial charge >= 0.3 is 0 Å². The lowest BCUT2D eigenvalue weighted by molar-refractivity contribution is 0.679. The zero-order valence-electron chi connectivity index (χ0n) is 7.65. The standard InChI is InChI=1S/C10H18S/c1-3-4-5-6-7-8-9-10-11-2/h3-7,10H2,1-2H3. The van der Waals surface area contributed by atoms with Crippen molar-refractivity contribution < 1.29 is 0 Å². The number of hydrogen-bond acceptors (Lipinski definition) is 1. The van der Waals surface area contributed by atoms with Crippen molar-refractivity contribution >= 4 is 11.8 Å². The predicted molar refractivity (Wildman–Crippen MR) is 54.9 cm³/mol. The highest BCUT2D eigenvalue weighted by atomic mass is 32.2. The van der Waals surface area contributed by atoms with Gasteiger partial charge in [0.2, 0.25) is 0 Å². The molecule has 0 spiro atoms. The summed E-state index contributed by atoms with van der Waals surface area (Å²) >= 11 is 1.80. The maximum atomic E-state index is 3.17. The molecule has 0 N–H and O–H groups in total. The van der Waals surface area contributed by atoms with Gasteiger partial charge in [-0.2, -0.15) is 11.8 Å². The number of rotatable bonds is 5. The predicted octanol–water partition coefficient (Wildman–Crippen LogP) is 3.32. The van der Waals surface area contributed by atoms with Crippen molar-refractivity contribution in [3.05, 3.63) is 0 Å². The third-order valence-electron chi connectivity index (χ3n) is 1.50. The Balaban J connectivity index is 2.96. The van der Waals surface area contributed by atoms with E-state index >= 15 is 0 Å². The Morgan fingerprint density at radius 1 is 1.09 bits per heavy atom. The molecule has 0 nitrogen and oxygen atoms in total. The van der Waals surface area contributed by atoms with Crippen LogP contribution in [0.5, 0.6) is 0 Å². The van der Waals surface area contributed by atoms with Crippen molar-refractivity contribution in [3.63, 3.8) is 0 Å². The van der Waals surface area contributed by atoms with Crippen LogP contribution in [0, 0.1) is 11.8 Å². The zero-order chi connectivity index (χ0) is 8.36. The van der Waals surface area contributed by atoms with E-state index < -0.39 is 0 Å². The largest absolute Gasteiger partial charge is 0.152 e. The second-order valence-corrected chi connectivity index (χ2v) is 3.46. The fraction of sp³-hybridized carbons (Fsp3) is 0.800. The van der Waals surface area contributed by atoms with Gasteiger partial charge in [-0.05, 0) is 12.7 Å². The molecule has 0 radical (unpaired) electrons. The second-order valence-electron chi connectivity index (χ2n) is 2.60. The SMILES string of the molecule is CCCCCCC#CCSC. The molecule has 0 atom stereocenters. The molecule has 0 saturated heterocycles. The first-order valence-electron chi connectivity index (χ1n) is 4.36. The van der Waals surface area contributed by atoms with Crippen LogP contribution >= 0.6 is 11.8 Å². The molecule has 0 aliphatic heterocycles. The molecule has 0 unspecified atom stereocenters. The van der Waals surface area contributed by atoms with Crippen LogP contribution < -0.4 is 0 Å². The summed E-state index contributed by atoms with van der Waals surface area (Å²) in [6.45, 7) is 2.24. The fourth-order valence-electron chi connectivity index (χ4n) is 0.852. The average molecular weight is 170 g/mol. The van der Waals surface area contributed by atoms with Crippen molar-refractivity contribution in [2.75, 3.05) is 12.0 Å². The first-order chi connectivity index (χ1) is 5.41. The molecule has 0 rings (SSSR count). The normalized spacial score (nSPS) is 8.91. The molecular weight excluding hydrogens is 152 g/mol. The summed E-state index contributed by atoms with van der Waals surface area (Å²) in [7, 11) is 0. The fourth-order valence-corrected chi connectivity index (χ4v) is 1.10. The van der Waals surface area contributed by atoms with Crippen molar-refractivity contribution in [2.24, 2.45) is 0 Å². The van der Waals surface area contributed by atoms with Crippen LogP contribution in [-0.2, 0) is 0 Å². The highest BCUT2D eigenvalue weighted by Crippen LogP contribution is 2.00. The minimum Gasteiger partial charge on any atom is -0.152 e. The summed E-state index contributed by atoms with van der Waals surface area (Å²) in [5.74, 6) is 7.29. The lowest BCUT2D eigenvalue weighted by Gasteiger charge is -1.91. The Morgan fingerprint density at radius 3 is 2.55 bits per heavy atom. The van der Waals surface area contributed by atoms with Crippen LogP contribution in [-0.4, -0.2) is 12.0 Å². The average Bonchev–Trinajstić information content (AvgIpc) is 2.03. The maximum Gasteiger partial charge on any atom is 0.0544 e. The lowest BCUT2D eigenvalue weighted by atomic mass is 10.2. The van der Waals surface area contributed by atoms with Gasteiger partial charge in [-0.3, -0.25) is 0 Å². The second kappa shape index (κ2) is 9.91. The first-order valence-corrected chi connectivity index (χ1v) is 5.75. The summed E-state index contributed by atoms with van der Waals surface area (Å²) in [6.07, 6.45) is 8.51. The topological polar surface area (TPSA) is 0 Å². The minimum absolute atomic E-state index is 0.994. The molecule has 0 fully saturated rings. The third kappa shape index (κ3) is 9.91. The van der Waals surface area contributed by atoms with Crippen molar-refractivity contribution in [1.29, 1.82) is 0 Å². The number of hydrogen-bond donors (Lipinski definition) is 0. The molecule has 0 amide bonds. The van der Waals surface area contributed by atoms with Crippen LogP contribution in [0.25, 0.3) is 0 Å². The van der Waals surface area contributed by atoms with Gasteiger partial charge in [0.15, 0.2) is 0 Å². The Morgan fingerprint density at radius 2 is 1.91 bits per heavy atom. The van der Waals surface area contributed by atoms with Crippen LogP contribution in [0.3, 0.4) is 0 Å². The summed E-state index contributed by atoms with van der Waals surface area (Å²) < 4.78 is 0. The van der Waals surface area contributed by atoms with Gasteiger partial charge in [0, 0.05) is 6.42 Å². The van der Waals surface area contributed by atoms with Crippen LogP contribution in [0.15, 0.2) is 0 Å². The monoisotopic (exact) mass is 170 g/mol. The quantitative estimate of drug-likeness (QED) is 0.450. The molecule has 64 valence electrons. The van der Waals surface area contributed by atoms with E-state index in [4.69, 9.17) is 0 Å². The minimum atomic E-state index is 0.994. The summed E-state index contributed by atoms with van der Waals surface area (Å²) in [4.78, 5) is 0. The smallest absolute Gasteiger partial charge is 0.0544 e. The van der Waals surface area contributed by atoms with Gasteiger partial charge in [-0.1, -0.05) is 32.1 Å². The summed E-state index contributed by atoms with van der Waals surface area (Å²) in [5.41, 5.74) is 0. The lowest BCUT2D eigenvalue weighted by Crippen LogP contribution is -1.74. The highest BCUT2D eigenvalue weighted by Gasteiger charge is 1.83. The van der Waals surface area contributed by atoms with Crippen LogP contribution in [0.4, 0.5) is 0 Å². The third-order valence-corrected chi connectivity index (χ3v) is 1.93. The molecule has 0 aromatic carbocycles. The molecular formula is C10H18S. The highest BCUT2D eigenvalue weighted by molar-refractivity contribution is 7.98. The Kier molecular flexibility index (Phi) is 9.83. The molecule has 0 aliphatic carbocycles. The zero-order valence-corrected chi connectivity index (χ0v) is 8.47. The summed E-state index contributed by atoms with van der Waals surface area (Å²) in [5, 5.41) is 0. The van der Waals surface area contributed by atoms with Gasteiger partial charge < -0.3 is 0 Å². The van der Waals surface area contributed by atoms with E-state index in [1.54, 1.807) is 11.8 Å². The molecule has 0 aromatic heterocycles. The van der Waals surface area contributed by atoms with Crippen LogP contribution in [0.1, 0.15) is 39.0 Å². The van der Waals surface area contributed by atoms with Gasteiger partial charge in [0.05, 0.1) is 5.75 Å². The first kappa shape index (κ1) is 10.9. The number of unbranched alkanes of at least 4 members (excludes halogenated alkanes) is 4. The molecule has 0 aliphatic rings. The molecule has 0 saturated carbocycles. The molecule has 0 aromatic rings. The van der Waals surface area contributed by atoms with Gasteiger partial charge in [-0.25, -0.2) is 0 Å². The molecule has 0 bridgehead atoms. The van der Waals surface area contributed by atoms with E-state index in [0.29, 0.717) is 0 Å². The van der Waals surface area contributed by atoms with Gasteiger partial charge in [0.25, 0.3) is 0 Å². The Bertz CT molecular complexity index is 119. The van der Waals surface area contributed by atoms with Crippen molar-refractivity contribution in [3.8, 4) is 11.8 Å². The van der Waals surface area contributed by atoms with E-state index in [0.717, 1.165) is 12.2 Å². The maximum absolute atomic E-state index is 3.17. The van der Waals surface area contributed by atoms with E-state index in [-0.39, 0.29) is 0 Å².